The van der Waals surface area contributed by atoms with E-state index in [1.165, 1.54) is 5.56 Å². The van der Waals surface area contributed by atoms with Gasteiger partial charge in [0.15, 0.2) is 6.61 Å². The van der Waals surface area contributed by atoms with Gasteiger partial charge in [0.1, 0.15) is 5.75 Å². The summed E-state index contributed by atoms with van der Waals surface area (Å²) in [5.74, 6) is 0.432. The smallest absolute Gasteiger partial charge is 0.277 e. The number of carbonyl (C=O) groups is 1. The molecule has 2 rings (SSSR count). The highest BCUT2D eigenvalue weighted by molar-refractivity contribution is 5.82. The first-order chi connectivity index (χ1) is 10.5. The van der Waals surface area contributed by atoms with Crippen molar-refractivity contribution in [1.82, 2.24) is 5.43 Å². The largest absolute Gasteiger partial charge is 0.483 e. The fourth-order valence-corrected chi connectivity index (χ4v) is 1.87. The van der Waals surface area contributed by atoms with Crippen LogP contribution in [0.3, 0.4) is 0 Å². The normalized spacial score (nSPS) is 10.7. The Morgan fingerprint density at radius 2 is 1.77 bits per heavy atom. The molecule has 0 atom stereocenters. The van der Waals surface area contributed by atoms with Gasteiger partial charge in [0.25, 0.3) is 5.91 Å². The molecule has 0 heterocycles. The standard InChI is InChI=1S/C18H20N2O2/c1-13-5-8-16(9-6-13)11-19-20-18(21)12-22-17-10-14(2)4-7-15(17)3/h4-11H,12H2,1-3H3,(H,20,21). The van der Waals surface area contributed by atoms with E-state index >= 15 is 0 Å². The zero-order chi connectivity index (χ0) is 15.9. The molecule has 0 aromatic heterocycles. The number of nitrogens with one attached hydrogen (secondary N) is 1. The fourth-order valence-electron chi connectivity index (χ4n) is 1.87. The number of nitrogens with zero attached hydrogens (tertiary/aromatic N) is 1. The Kier molecular flexibility index (Phi) is 5.31. The van der Waals surface area contributed by atoms with Gasteiger partial charge in [-0.25, -0.2) is 5.43 Å². The number of hydrazone groups is 1. The summed E-state index contributed by atoms with van der Waals surface area (Å²) >= 11 is 0. The predicted molar refractivity (Wildman–Crippen MR) is 88.3 cm³/mol. The Hall–Kier alpha value is -2.62. The maximum atomic E-state index is 11.7. The van der Waals surface area contributed by atoms with Gasteiger partial charge in [0.05, 0.1) is 6.21 Å². The summed E-state index contributed by atoms with van der Waals surface area (Å²) in [7, 11) is 0. The van der Waals surface area contributed by atoms with Crippen LogP contribution >= 0.6 is 0 Å². The Balaban J connectivity index is 1.83. The first-order valence-corrected chi connectivity index (χ1v) is 7.13. The van der Waals surface area contributed by atoms with Crippen LogP contribution in [-0.2, 0) is 4.79 Å². The van der Waals surface area contributed by atoms with Crippen LogP contribution < -0.4 is 10.2 Å². The van der Waals surface area contributed by atoms with Crippen LogP contribution in [0, 0.1) is 20.8 Å². The van der Waals surface area contributed by atoms with Crippen molar-refractivity contribution in [2.45, 2.75) is 20.8 Å². The van der Waals surface area contributed by atoms with Crippen molar-refractivity contribution in [3.8, 4) is 5.75 Å². The molecule has 0 aliphatic heterocycles. The third-order valence-electron chi connectivity index (χ3n) is 3.18. The van der Waals surface area contributed by atoms with E-state index in [0.29, 0.717) is 0 Å². The minimum absolute atomic E-state index is 0.0600. The van der Waals surface area contributed by atoms with Gasteiger partial charge in [-0.3, -0.25) is 4.79 Å². The molecule has 4 heteroatoms. The van der Waals surface area contributed by atoms with Gasteiger partial charge in [0.2, 0.25) is 0 Å². The Labute approximate surface area is 130 Å². The molecule has 2 aromatic rings. The van der Waals surface area contributed by atoms with E-state index in [-0.39, 0.29) is 12.5 Å². The van der Waals surface area contributed by atoms with Gasteiger partial charge in [-0.1, -0.05) is 42.0 Å². The van der Waals surface area contributed by atoms with Crippen molar-refractivity contribution in [2.75, 3.05) is 6.61 Å². The highest BCUT2D eigenvalue weighted by Gasteiger charge is 2.04. The van der Waals surface area contributed by atoms with Crippen molar-refractivity contribution in [3.05, 3.63) is 64.7 Å². The molecule has 22 heavy (non-hydrogen) atoms. The van der Waals surface area contributed by atoms with Crippen molar-refractivity contribution in [2.24, 2.45) is 5.10 Å². The lowest BCUT2D eigenvalue weighted by molar-refractivity contribution is -0.123. The maximum Gasteiger partial charge on any atom is 0.277 e. The lowest BCUT2D eigenvalue weighted by Crippen LogP contribution is -2.24. The molecular weight excluding hydrogens is 276 g/mol. The van der Waals surface area contributed by atoms with Crippen LogP contribution in [0.1, 0.15) is 22.3 Å². The van der Waals surface area contributed by atoms with E-state index < -0.39 is 0 Å². The molecule has 1 amide bonds. The van der Waals surface area contributed by atoms with Gasteiger partial charge in [-0.15, -0.1) is 0 Å². The zero-order valence-corrected chi connectivity index (χ0v) is 13.1. The predicted octanol–water partition coefficient (Wildman–Crippen LogP) is 3.14. The summed E-state index contributed by atoms with van der Waals surface area (Å²) in [5, 5.41) is 3.92. The average Bonchev–Trinajstić information content (AvgIpc) is 2.50. The third-order valence-corrected chi connectivity index (χ3v) is 3.18. The molecular formula is C18H20N2O2. The molecule has 0 bridgehead atoms. The first-order valence-electron chi connectivity index (χ1n) is 7.13. The third kappa shape index (κ3) is 4.74. The van der Waals surface area contributed by atoms with Crippen LogP contribution in [0.2, 0.25) is 0 Å². The summed E-state index contributed by atoms with van der Waals surface area (Å²) in [6.45, 7) is 5.89. The molecule has 0 aliphatic rings. The van der Waals surface area contributed by atoms with Crippen molar-refractivity contribution >= 4 is 12.1 Å². The summed E-state index contributed by atoms with van der Waals surface area (Å²) in [4.78, 5) is 11.7. The lowest BCUT2D eigenvalue weighted by Gasteiger charge is -2.08. The molecule has 4 nitrogen and oxygen atoms in total. The van der Waals surface area contributed by atoms with Crippen molar-refractivity contribution in [1.29, 1.82) is 0 Å². The van der Waals surface area contributed by atoms with Crippen LogP contribution in [0.5, 0.6) is 5.75 Å². The Morgan fingerprint density at radius 1 is 1.09 bits per heavy atom. The van der Waals surface area contributed by atoms with Gasteiger partial charge in [-0.05, 0) is 43.5 Å². The number of rotatable bonds is 5. The monoisotopic (exact) mass is 296 g/mol. The number of hydrogen-bond donors (Lipinski definition) is 1. The van der Waals surface area contributed by atoms with Crippen molar-refractivity contribution in [3.63, 3.8) is 0 Å². The number of aryl methyl sites for hydroxylation is 3. The molecule has 0 fully saturated rings. The topological polar surface area (TPSA) is 50.7 Å². The van der Waals surface area contributed by atoms with Gasteiger partial charge >= 0.3 is 0 Å². The number of benzene rings is 2. The van der Waals surface area contributed by atoms with E-state index in [9.17, 15) is 4.79 Å². The quantitative estimate of drug-likeness (QED) is 0.680. The fraction of sp³-hybridized carbons (Fsp3) is 0.222. The lowest BCUT2D eigenvalue weighted by atomic mass is 10.1. The molecule has 0 aliphatic carbocycles. The second-order valence-electron chi connectivity index (χ2n) is 5.26. The van der Waals surface area contributed by atoms with E-state index in [1.807, 2.05) is 63.2 Å². The van der Waals surface area contributed by atoms with Gasteiger partial charge in [-0.2, -0.15) is 5.10 Å². The molecule has 0 unspecified atom stereocenters. The molecule has 114 valence electrons. The Bertz CT molecular complexity index is 676. The number of hydrogen-bond acceptors (Lipinski definition) is 3. The highest BCUT2D eigenvalue weighted by atomic mass is 16.5. The van der Waals surface area contributed by atoms with Crippen LogP contribution in [0.4, 0.5) is 0 Å². The zero-order valence-electron chi connectivity index (χ0n) is 13.1. The van der Waals surface area contributed by atoms with Crippen LogP contribution in [0.15, 0.2) is 47.6 Å². The van der Waals surface area contributed by atoms with Crippen molar-refractivity contribution < 1.29 is 9.53 Å². The van der Waals surface area contributed by atoms with E-state index in [0.717, 1.165) is 22.4 Å². The van der Waals surface area contributed by atoms with E-state index in [1.54, 1.807) is 6.21 Å². The molecule has 2 aromatic carbocycles. The minimum Gasteiger partial charge on any atom is -0.483 e. The molecule has 0 spiro atoms. The maximum absolute atomic E-state index is 11.7. The second kappa shape index (κ2) is 7.41. The number of ether oxygens (including phenoxy) is 1. The SMILES string of the molecule is Cc1ccc(C=NNC(=O)COc2cc(C)ccc2C)cc1. The molecule has 0 saturated carbocycles. The van der Waals surface area contributed by atoms with Gasteiger partial charge in [0, 0.05) is 0 Å². The minimum atomic E-state index is -0.288. The van der Waals surface area contributed by atoms with E-state index in [2.05, 4.69) is 10.5 Å². The number of amides is 1. The summed E-state index contributed by atoms with van der Waals surface area (Å²) in [5.41, 5.74) is 6.67. The summed E-state index contributed by atoms with van der Waals surface area (Å²) < 4.78 is 5.51. The summed E-state index contributed by atoms with van der Waals surface area (Å²) in [6, 6.07) is 13.8. The molecule has 0 saturated heterocycles. The first kappa shape index (κ1) is 15.8. The highest BCUT2D eigenvalue weighted by Crippen LogP contribution is 2.18. The van der Waals surface area contributed by atoms with Crippen LogP contribution in [-0.4, -0.2) is 18.7 Å². The average molecular weight is 296 g/mol. The summed E-state index contributed by atoms with van der Waals surface area (Å²) in [6.07, 6.45) is 1.61. The van der Waals surface area contributed by atoms with E-state index in [4.69, 9.17) is 4.74 Å². The Morgan fingerprint density at radius 3 is 2.50 bits per heavy atom. The van der Waals surface area contributed by atoms with Gasteiger partial charge < -0.3 is 4.74 Å². The molecule has 0 radical (unpaired) electrons. The number of carbonyl (C=O) groups excluding carboxylic acids is 1. The van der Waals surface area contributed by atoms with Crippen LogP contribution in [0.25, 0.3) is 0 Å². The molecule has 1 N–H and O–H groups in total. The second-order valence-corrected chi connectivity index (χ2v) is 5.26.